The van der Waals surface area contributed by atoms with E-state index in [9.17, 15) is 4.39 Å². The molecule has 1 aromatic carbocycles. The lowest BCUT2D eigenvalue weighted by atomic mass is 10.3. The van der Waals surface area contributed by atoms with Gasteiger partial charge in [-0.3, -0.25) is 0 Å². The van der Waals surface area contributed by atoms with Gasteiger partial charge in [0.25, 0.3) is 0 Å². The highest BCUT2D eigenvalue weighted by Gasteiger charge is 2.08. The third kappa shape index (κ3) is 1.85. The quantitative estimate of drug-likeness (QED) is 0.735. The number of rotatable bonds is 2. The maximum atomic E-state index is 13.0. The average molecular weight is 226 g/mol. The van der Waals surface area contributed by atoms with E-state index in [4.69, 9.17) is 11.6 Å². The summed E-state index contributed by atoms with van der Waals surface area (Å²) in [7, 11) is 0. The van der Waals surface area contributed by atoms with Gasteiger partial charge < -0.3 is 0 Å². The van der Waals surface area contributed by atoms with E-state index in [1.54, 1.807) is 16.8 Å². The first-order valence-electron chi connectivity index (χ1n) is 4.45. The van der Waals surface area contributed by atoms with Crippen molar-refractivity contribution >= 4 is 11.6 Å². The standard InChI is InChI=1S/C10H9ClFN3/c1-7-10(6-11)13-14-15(7)9-4-2-3-8(12)5-9/h2-5H,6H2,1H3. The van der Waals surface area contributed by atoms with Crippen LogP contribution < -0.4 is 0 Å². The molecule has 0 radical (unpaired) electrons. The summed E-state index contributed by atoms with van der Waals surface area (Å²) in [6.07, 6.45) is 0. The van der Waals surface area contributed by atoms with Crippen LogP contribution in [0.3, 0.4) is 0 Å². The first-order chi connectivity index (χ1) is 7.22. The largest absolute Gasteiger partial charge is 0.217 e. The molecule has 2 rings (SSSR count). The molecular weight excluding hydrogens is 217 g/mol. The number of alkyl halides is 1. The van der Waals surface area contributed by atoms with Crippen molar-refractivity contribution in [1.29, 1.82) is 0 Å². The highest BCUT2D eigenvalue weighted by molar-refractivity contribution is 6.16. The number of hydrogen-bond acceptors (Lipinski definition) is 2. The fourth-order valence-electron chi connectivity index (χ4n) is 1.34. The molecule has 0 aliphatic heterocycles. The highest BCUT2D eigenvalue weighted by atomic mass is 35.5. The third-order valence-electron chi connectivity index (χ3n) is 2.17. The molecule has 0 bridgehead atoms. The molecule has 0 fully saturated rings. The summed E-state index contributed by atoms with van der Waals surface area (Å²) in [5, 5.41) is 7.81. The van der Waals surface area contributed by atoms with Crippen LogP contribution >= 0.6 is 11.6 Å². The van der Waals surface area contributed by atoms with E-state index in [0.717, 1.165) is 5.69 Å². The van der Waals surface area contributed by atoms with Crippen LogP contribution in [0, 0.1) is 12.7 Å². The molecule has 78 valence electrons. The van der Waals surface area contributed by atoms with Gasteiger partial charge in [-0.15, -0.1) is 16.7 Å². The van der Waals surface area contributed by atoms with Gasteiger partial charge in [0.05, 0.1) is 17.3 Å². The minimum absolute atomic E-state index is 0.296. The van der Waals surface area contributed by atoms with Gasteiger partial charge in [0.2, 0.25) is 0 Å². The van der Waals surface area contributed by atoms with Crippen molar-refractivity contribution < 1.29 is 4.39 Å². The Labute approximate surface area is 91.5 Å². The average Bonchev–Trinajstić information content (AvgIpc) is 2.59. The van der Waals surface area contributed by atoms with Gasteiger partial charge in [-0.2, -0.15) is 0 Å². The molecular formula is C10H9ClFN3. The predicted octanol–water partition coefficient (Wildman–Crippen LogP) is 2.45. The first-order valence-corrected chi connectivity index (χ1v) is 4.99. The summed E-state index contributed by atoms with van der Waals surface area (Å²) in [4.78, 5) is 0. The molecule has 0 unspecified atom stereocenters. The molecule has 3 nitrogen and oxygen atoms in total. The van der Waals surface area contributed by atoms with Crippen LogP contribution in [-0.4, -0.2) is 15.0 Å². The van der Waals surface area contributed by atoms with E-state index < -0.39 is 0 Å². The second-order valence-corrected chi connectivity index (χ2v) is 3.41. The SMILES string of the molecule is Cc1c(CCl)nnn1-c1cccc(F)c1. The second kappa shape index (κ2) is 3.98. The smallest absolute Gasteiger partial charge is 0.125 e. The second-order valence-electron chi connectivity index (χ2n) is 3.15. The molecule has 0 aliphatic carbocycles. The maximum absolute atomic E-state index is 13.0. The summed E-state index contributed by atoms with van der Waals surface area (Å²) in [5.74, 6) is 0.0102. The fourth-order valence-corrected chi connectivity index (χ4v) is 1.58. The van der Waals surface area contributed by atoms with Crippen molar-refractivity contribution in [2.75, 3.05) is 0 Å². The molecule has 0 amide bonds. The number of aromatic nitrogens is 3. The zero-order valence-electron chi connectivity index (χ0n) is 8.11. The zero-order chi connectivity index (χ0) is 10.8. The van der Waals surface area contributed by atoms with Crippen LogP contribution in [0.4, 0.5) is 4.39 Å². The molecule has 0 spiro atoms. The number of hydrogen-bond donors (Lipinski definition) is 0. The molecule has 0 saturated carbocycles. The van der Waals surface area contributed by atoms with E-state index in [1.165, 1.54) is 12.1 Å². The summed E-state index contributed by atoms with van der Waals surface area (Å²) in [5.41, 5.74) is 2.19. The van der Waals surface area contributed by atoms with E-state index in [2.05, 4.69) is 10.3 Å². The van der Waals surface area contributed by atoms with Gasteiger partial charge in [0.15, 0.2) is 0 Å². The van der Waals surface area contributed by atoms with Gasteiger partial charge in [-0.05, 0) is 25.1 Å². The van der Waals surface area contributed by atoms with Crippen molar-refractivity contribution in [2.24, 2.45) is 0 Å². The Kier molecular flexibility index (Phi) is 2.68. The topological polar surface area (TPSA) is 30.7 Å². The van der Waals surface area contributed by atoms with Gasteiger partial charge in [-0.25, -0.2) is 9.07 Å². The van der Waals surface area contributed by atoms with Crippen LogP contribution in [0.1, 0.15) is 11.4 Å². The molecule has 0 N–H and O–H groups in total. The monoisotopic (exact) mass is 225 g/mol. The van der Waals surface area contributed by atoms with E-state index in [1.807, 2.05) is 6.92 Å². The van der Waals surface area contributed by atoms with E-state index in [-0.39, 0.29) is 5.82 Å². The minimum atomic E-state index is -0.296. The Bertz CT molecular complexity index is 481. The van der Waals surface area contributed by atoms with Crippen molar-refractivity contribution in [3.63, 3.8) is 0 Å². The lowest BCUT2D eigenvalue weighted by molar-refractivity contribution is 0.624. The highest BCUT2D eigenvalue weighted by Crippen LogP contribution is 2.14. The van der Waals surface area contributed by atoms with Gasteiger partial charge in [0.1, 0.15) is 11.5 Å². The number of benzene rings is 1. The summed E-state index contributed by atoms with van der Waals surface area (Å²) >= 11 is 5.67. The molecule has 1 heterocycles. The van der Waals surface area contributed by atoms with Crippen molar-refractivity contribution in [3.8, 4) is 5.69 Å². The van der Waals surface area contributed by atoms with Crippen molar-refractivity contribution in [1.82, 2.24) is 15.0 Å². The lowest BCUT2D eigenvalue weighted by Crippen LogP contribution is -1.99. The van der Waals surface area contributed by atoms with Crippen molar-refractivity contribution in [2.45, 2.75) is 12.8 Å². The fraction of sp³-hybridized carbons (Fsp3) is 0.200. The molecule has 2 aromatic rings. The summed E-state index contributed by atoms with van der Waals surface area (Å²) in [6, 6.07) is 6.19. The Morgan fingerprint density at radius 2 is 2.27 bits per heavy atom. The maximum Gasteiger partial charge on any atom is 0.125 e. The molecule has 0 atom stereocenters. The molecule has 0 saturated heterocycles. The van der Waals surface area contributed by atoms with Crippen LogP contribution in [0.5, 0.6) is 0 Å². The zero-order valence-corrected chi connectivity index (χ0v) is 8.87. The molecule has 1 aromatic heterocycles. The Morgan fingerprint density at radius 3 is 2.87 bits per heavy atom. The van der Waals surface area contributed by atoms with Crippen LogP contribution in [-0.2, 0) is 5.88 Å². The Balaban J connectivity index is 2.49. The normalized spacial score (nSPS) is 10.6. The predicted molar refractivity (Wildman–Crippen MR) is 55.6 cm³/mol. The first kappa shape index (κ1) is 10.1. The summed E-state index contributed by atoms with van der Waals surface area (Å²) in [6.45, 7) is 1.85. The van der Waals surface area contributed by atoms with Gasteiger partial charge in [0, 0.05) is 0 Å². The van der Waals surface area contributed by atoms with Crippen LogP contribution in [0.25, 0.3) is 5.69 Å². The molecule has 0 aliphatic rings. The third-order valence-corrected chi connectivity index (χ3v) is 2.42. The van der Waals surface area contributed by atoms with E-state index in [0.29, 0.717) is 17.3 Å². The van der Waals surface area contributed by atoms with Gasteiger partial charge in [-0.1, -0.05) is 11.3 Å². The van der Waals surface area contributed by atoms with E-state index >= 15 is 0 Å². The molecule has 5 heteroatoms. The van der Waals surface area contributed by atoms with Crippen LogP contribution in [0.2, 0.25) is 0 Å². The minimum Gasteiger partial charge on any atom is -0.217 e. The van der Waals surface area contributed by atoms with Crippen molar-refractivity contribution in [3.05, 3.63) is 41.5 Å². The Hall–Kier alpha value is -1.42. The molecule has 15 heavy (non-hydrogen) atoms. The van der Waals surface area contributed by atoms with Crippen LogP contribution in [0.15, 0.2) is 24.3 Å². The number of halogens is 2. The Morgan fingerprint density at radius 1 is 1.47 bits per heavy atom. The summed E-state index contributed by atoms with van der Waals surface area (Å²) < 4.78 is 14.6. The number of nitrogens with zero attached hydrogens (tertiary/aromatic N) is 3. The lowest BCUT2D eigenvalue weighted by Gasteiger charge is -2.02. The van der Waals surface area contributed by atoms with Gasteiger partial charge >= 0.3 is 0 Å².